The van der Waals surface area contributed by atoms with Crippen molar-refractivity contribution in [2.24, 2.45) is 5.73 Å². The van der Waals surface area contributed by atoms with E-state index in [0.717, 1.165) is 12.0 Å². The van der Waals surface area contributed by atoms with Crippen LogP contribution in [0.4, 0.5) is 4.39 Å². The zero-order valence-electron chi connectivity index (χ0n) is 10.9. The van der Waals surface area contributed by atoms with E-state index in [4.69, 9.17) is 5.73 Å². The Balaban J connectivity index is 1.76. The molecule has 0 aliphatic heterocycles. The largest absolute Gasteiger partial charge is 0.324 e. The van der Waals surface area contributed by atoms with Crippen molar-refractivity contribution >= 4 is 0 Å². The van der Waals surface area contributed by atoms with Gasteiger partial charge in [0.1, 0.15) is 5.82 Å². The summed E-state index contributed by atoms with van der Waals surface area (Å²) in [4.78, 5) is 0. The van der Waals surface area contributed by atoms with E-state index in [1.807, 2.05) is 12.1 Å². The minimum absolute atomic E-state index is 0.0173. The van der Waals surface area contributed by atoms with Gasteiger partial charge in [0.2, 0.25) is 0 Å². The molecule has 0 spiro atoms. The van der Waals surface area contributed by atoms with E-state index < -0.39 is 0 Å². The van der Waals surface area contributed by atoms with Gasteiger partial charge in [0, 0.05) is 6.04 Å². The van der Waals surface area contributed by atoms with Crippen LogP contribution in [0, 0.1) is 5.82 Å². The summed E-state index contributed by atoms with van der Waals surface area (Å²) >= 11 is 0. The molecule has 2 aromatic carbocycles. The number of hydrogen-bond donors (Lipinski definition) is 1. The third-order valence-corrected chi connectivity index (χ3v) is 3.92. The van der Waals surface area contributed by atoms with E-state index in [1.54, 1.807) is 0 Å². The number of aryl methyl sites for hydroxylation is 2. The van der Waals surface area contributed by atoms with Gasteiger partial charge in [-0.3, -0.25) is 0 Å². The Bertz CT molecular complexity index is 574. The summed E-state index contributed by atoms with van der Waals surface area (Å²) in [5.41, 5.74) is 11.4. The van der Waals surface area contributed by atoms with Crippen LogP contribution >= 0.6 is 0 Å². The van der Waals surface area contributed by atoms with Crippen molar-refractivity contribution in [1.82, 2.24) is 0 Å². The van der Waals surface area contributed by atoms with Crippen LogP contribution in [0.2, 0.25) is 0 Å². The molecule has 2 aromatic rings. The third-order valence-electron chi connectivity index (χ3n) is 3.92. The SMILES string of the molecule is NC(Cc1ccc(F)cc1)c1ccc2c(c1)CCC2. The van der Waals surface area contributed by atoms with Crippen LogP contribution in [0.3, 0.4) is 0 Å². The van der Waals surface area contributed by atoms with Crippen molar-refractivity contribution < 1.29 is 4.39 Å². The molecule has 1 atom stereocenters. The maximum absolute atomic E-state index is 12.9. The monoisotopic (exact) mass is 255 g/mol. The van der Waals surface area contributed by atoms with Gasteiger partial charge >= 0.3 is 0 Å². The van der Waals surface area contributed by atoms with Crippen molar-refractivity contribution in [2.75, 3.05) is 0 Å². The molecule has 2 N–H and O–H groups in total. The highest BCUT2D eigenvalue weighted by Gasteiger charge is 2.14. The fourth-order valence-electron chi connectivity index (χ4n) is 2.81. The number of hydrogen-bond acceptors (Lipinski definition) is 1. The third kappa shape index (κ3) is 2.69. The molecule has 0 heterocycles. The van der Waals surface area contributed by atoms with E-state index in [-0.39, 0.29) is 11.9 Å². The lowest BCUT2D eigenvalue weighted by atomic mass is 9.97. The average molecular weight is 255 g/mol. The molecule has 1 nitrogen and oxygen atoms in total. The number of nitrogens with two attached hydrogens (primary N) is 1. The minimum atomic E-state index is -0.199. The fourth-order valence-corrected chi connectivity index (χ4v) is 2.81. The molecule has 1 aliphatic carbocycles. The Labute approximate surface area is 113 Å². The van der Waals surface area contributed by atoms with Gasteiger partial charge in [0.15, 0.2) is 0 Å². The molecule has 0 amide bonds. The highest BCUT2D eigenvalue weighted by molar-refractivity contribution is 5.37. The van der Waals surface area contributed by atoms with Crippen LogP contribution in [-0.2, 0) is 19.3 Å². The molecule has 0 bridgehead atoms. The maximum Gasteiger partial charge on any atom is 0.123 e. The van der Waals surface area contributed by atoms with E-state index in [2.05, 4.69) is 18.2 Å². The van der Waals surface area contributed by atoms with Gasteiger partial charge in [-0.1, -0.05) is 30.3 Å². The zero-order valence-corrected chi connectivity index (χ0v) is 10.9. The van der Waals surface area contributed by atoms with E-state index >= 15 is 0 Å². The molecule has 2 heteroatoms. The van der Waals surface area contributed by atoms with Crippen molar-refractivity contribution in [3.8, 4) is 0 Å². The fraction of sp³-hybridized carbons (Fsp3) is 0.294. The smallest absolute Gasteiger partial charge is 0.123 e. The summed E-state index contributed by atoms with van der Waals surface area (Å²) in [6.07, 6.45) is 4.38. The number of fused-ring (bicyclic) bond motifs is 1. The normalized spacial score (nSPS) is 15.3. The van der Waals surface area contributed by atoms with Crippen molar-refractivity contribution in [3.63, 3.8) is 0 Å². The Morgan fingerprint density at radius 1 is 1.00 bits per heavy atom. The van der Waals surface area contributed by atoms with Crippen molar-refractivity contribution in [1.29, 1.82) is 0 Å². The van der Waals surface area contributed by atoms with Gasteiger partial charge in [-0.2, -0.15) is 0 Å². The van der Waals surface area contributed by atoms with Gasteiger partial charge < -0.3 is 5.73 Å². The van der Waals surface area contributed by atoms with E-state index in [0.29, 0.717) is 0 Å². The summed E-state index contributed by atoms with van der Waals surface area (Å²) in [5, 5.41) is 0. The maximum atomic E-state index is 12.9. The van der Waals surface area contributed by atoms with Gasteiger partial charge in [-0.15, -0.1) is 0 Å². The second kappa shape index (κ2) is 5.14. The van der Waals surface area contributed by atoms with Crippen LogP contribution in [-0.4, -0.2) is 0 Å². The quantitative estimate of drug-likeness (QED) is 0.891. The standard InChI is InChI=1S/C17H18FN/c18-16-8-4-12(5-9-16)10-17(19)15-7-6-13-2-1-3-14(13)11-15/h4-9,11,17H,1-3,10,19H2. The second-order valence-electron chi connectivity index (χ2n) is 5.32. The molecule has 98 valence electrons. The Morgan fingerprint density at radius 2 is 1.74 bits per heavy atom. The molecule has 3 rings (SSSR count). The predicted octanol–water partition coefficient (Wildman–Crippen LogP) is 3.56. The molecule has 19 heavy (non-hydrogen) atoms. The first kappa shape index (κ1) is 12.4. The number of halogens is 1. The molecular weight excluding hydrogens is 237 g/mol. The first-order valence-corrected chi connectivity index (χ1v) is 6.84. The lowest BCUT2D eigenvalue weighted by Crippen LogP contribution is -2.13. The second-order valence-corrected chi connectivity index (χ2v) is 5.32. The van der Waals surface area contributed by atoms with Gasteiger partial charge in [-0.25, -0.2) is 4.39 Å². The van der Waals surface area contributed by atoms with Crippen molar-refractivity contribution in [2.45, 2.75) is 31.7 Å². The van der Waals surface area contributed by atoms with Gasteiger partial charge in [0.05, 0.1) is 0 Å². The summed E-state index contributed by atoms with van der Waals surface area (Å²) in [6, 6.07) is 13.2. The first-order chi connectivity index (χ1) is 9.22. The molecule has 0 saturated heterocycles. The van der Waals surface area contributed by atoms with Crippen molar-refractivity contribution in [3.05, 3.63) is 70.5 Å². The Hall–Kier alpha value is -1.67. The van der Waals surface area contributed by atoms with E-state index in [9.17, 15) is 4.39 Å². The highest BCUT2D eigenvalue weighted by Crippen LogP contribution is 2.26. The average Bonchev–Trinajstić information content (AvgIpc) is 2.88. The molecule has 1 aliphatic rings. The van der Waals surface area contributed by atoms with Crippen LogP contribution in [0.1, 0.15) is 34.7 Å². The van der Waals surface area contributed by atoms with Crippen LogP contribution < -0.4 is 5.73 Å². The minimum Gasteiger partial charge on any atom is -0.324 e. The summed E-state index contributed by atoms with van der Waals surface area (Å²) in [6.45, 7) is 0. The molecular formula is C17H18FN. The van der Waals surface area contributed by atoms with Gasteiger partial charge in [0.25, 0.3) is 0 Å². The van der Waals surface area contributed by atoms with Crippen LogP contribution in [0.25, 0.3) is 0 Å². The topological polar surface area (TPSA) is 26.0 Å². The Kier molecular flexibility index (Phi) is 3.34. The molecule has 0 radical (unpaired) electrons. The van der Waals surface area contributed by atoms with Crippen LogP contribution in [0.5, 0.6) is 0 Å². The highest BCUT2D eigenvalue weighted by atomic mass is 19.1. The lowest BCUT2D eigenvalue weighted by molar-refractivity contribution is 0.625. The first-order valence-electron chi connectivity index (χ1n) is 6.84. The van der Waals surface area contributed by atoms with Gasteiger partial charge in [-0.05, 0) is 60.1 Å². The Morgan fingerprint density at radius 3 is 2.53 bits per heavy atom. The zero-order chi connectivity index (χ0) is 13.2. The van der Waals surface area contributed by atoms with E-state index in [1.165, 1.54) is 48.1 Å². The summed E-state index contributed by atoms with van der Waals surface area (Å²) in [7, 11) is 0. The predicted molar refractivity (Wildman–Crippen MR) is 75.5 cm³/mol. The lowest BCUT2D eigenvalue weighted by Gasteiger charge is -2.13. The summed E-state index contributed by atoms with van der Waals surface area (Å²) < 4.78 is 12.9. The van der Waals surface area contributed by atoms with Crippen LogP contribution in [0.15, 0.2) is 42.5 Å². The molecule has 0 fully saturated rings. The number of rotatable bonds is 3. The molecule has 0 aromatic heterocycles. The molecule has 0 saturated carbocycles. The molecule has 1 unspecified atom stereocenters. The summed E-state index contributed by atoms with van der Waals surface area (Å²) in [5.74, 6) is -0.199. The number of benzene rings is 2.